The van der Waals surface area contributed by atoms with Crippen LogP contribution in [0.2, 0.25) is 0 Å². The molecular weight excluding hydrogens is 420 g/mol. The molecule has 3 atom stereocenters. The van der Waals surface area contributed by atoms with Gasteiger partial charge in [0.15, 0.2) is 5.82 Å². The van der Waals surface area contributed by atoms with Crippen LogP contribution < -0.4 is 15.4 Å². The number of carbonyl (C=O) groups excluding carboxylic acids is 1. The van der Waals surface area contributed by atoms with Gasteiger partial charge in [0.1, 0.15) is 11.5 Å². The van der Waals surface area contributed by atoms with Gasteiger partial charge in [-0.2, -0.15) is 15.1 Å². The highest BCUT2D eigenvalue weighted by atomic mass is 16.5. The quantitative estimate of drug-likeness (QED) is 0.525. The van der Waals surface area contributed by atoms with Crippen LogP contribution in [0.4, 0.5) is 17.6 Å². The molecule has 3 aromatic heterocycles. The van der Waals surface area contributed by atoms with Gasteiger partial charge in [0.2, 0.25) is 11.8 Å². The van der Waals surface area contributed by atoms with E-state index < -0.39 is 0 Å². The van der Waals surface area contributed by atoms with E-state index in [1.165, 1.54) is 0 Å². The highest BCUT2D eigenvalue weighted by Crippen LogP contribution is 2.36. The second-order valence-electron chi connectivity index (χ2n) is 8.66. The molecule has 10 nitrogen and oxygen atoms in total. The lowest BCUT2D eigenvalue weighted by Gasteiger charge is -2.48. The summed E-state index contributed by atoms with van der Waals surface area (Å²) < 4.78 is 5.38. The molecule has 3 N–H and O–H groups in total. The van der Waals surface area contributed by atoms with Crippen molar-refractivity contribution in [2.45, 2.75) is 57.2 Å². The second-order valence-corrected chi connectivity index (χ2v) is 8.66. The minimum absolute atomic E-state index is 0.0298. The molecule has 0 saturated carbocycles. The molecule has 1 unspecified atom stereocenters. The van der Waals surface area contributed by atoms with Crippen LogP contribution in [0.5, 0.6) is 5.88 Å². The number of hydrogen-bond acceptors (Lipinski definition) is 8. The number of H-pyrrole nitrogens is 1. The first kappa shape index (κ1) is 21.2. The molecule has 2 saturated heterocycles. The van der Waals surface area contributed by atoms with Crippen molar-refractivity contribution in [3.63, 3.8) is 0 Å². The Bertz CT molecular complexity index is 1100. The summed E-state index contributed by atoms with van der Waals surface area (Å²) in [4.78, 5) is 28.6. The number of carbonyl (C=O) groups is 1. The Labute approximate surface area is 192 Å². The smallest absolute Gasteiger partial charge is 0.272 e. The Hall–Kier alpha value is -3.69. The average Bonchev–Trinajstić information content (AvgIpc) is 3.22. The van der Waals surface area contributed by atoms with Crippen molar-refractivity contribution < 1.29 is 9.53 Å². The number of fused-ring (bicyclic) bond motifs is 2. The molecule has 33 heavy (non-hydrogen) atoms. The molecule has 10 heteroatoms. The Morgan fingerprint density at radius 2 is 1.97 bits per heavy atom. The molecular formula is C23H28N8O2. The van der Waals surface area contributed by atoms with Crippen LogP contribution in [0, 0.1) is 6.92 Å². The van der Waals surface area contributed by atoms with Gasteiger partial charge in [-0.15, -0.1) is 0 Å². The van der Waals surface area contributed by atoms with Gasteiger partial charge in [0.25, 0.3) is 5.91 Å². The number of anilines is 3. The maximum atomic E-state index is 13.2. The predicted molar refractivity (Wildman–Crippen MR) is 124 cm³/mol. The number of ether oxygens (including phenoxy) is 1. The fraction of sp³-hybridized carbons (Fsp3) is 0.435. The maximum Gasteiger partial charge on any atom is 0.272 e. The number of aromatic amines is 1. The van der Waals surface area contributed by atoms with Crippen molar-refractivity contribution in [2.75, 3.05) is 17.7 Å². The third kappa shape index (κ3) is 4.59. The van der Waals surface area contributed by atoms with Gasteiger partial charge in [0.05, 0.1) is 7.11 Å². The molecule has 0 aromatic carbocycles. The van der Waals surface area contributed by atoms with Crippen molar-refractivity contribution in [3.8, 4) is 5.88 Å². The second kappa shape index (κ2) is 9.05. The number of pyridine rings is 1. The molecule has 5 rings (SSSR count). The first-order chi connectivity index (χ1) is 16.1. The summed E-state index contributed by atoms with van der Waals surface area (Å²) in [6.07, 6.45) is 6.50. The zero-order valence-electron chi connectivity index (χ0n) is 18.8. The van der Waals surface area contributed by atoms with Crippen molar-refractivity contribution in [1.82, 2.24) is 30.0 Å². The number of aryl methyl sites for hydroxylation is 1. The number of nitrogens with one attached hydrogen (secondary N) is 3. The maximum absolute atomic E-state index is 13.2. The molecule has 2 aliphatic heterocycles. The zero-order valence-corrected chi connectivity index (χ0v) is 18.8. The Morgan fingerprint density at radius 3 is 2.64 bits per heavy atom. The van der Waals surface area contributed by atoms with E-state index >= 15 is 0 Å². The summed E-state index contributed by atoms with van der Waals surface area (Å²) in [6.45, 7) is 1.94. The lowest BCUT2D eigenvalue weighted by atomic mass is 9.81. The van der Waals surface area contributed by atoms with Crippen LogP contribution in [0.1, 0.15) is 48.3 Å². The Balaban J connectivity index is 1.31. The summed E-state index contributed by atoms with van der Waals surface area (Å²) in [5.74, 6) is 2.26. The third-order valence-corrected chi connectivity index (χ3v) is 6.30. The van der Waals surface area contributed by atoms with Gasteiger partial charge in [-0.25, -0.2) is 0 Å². The highest BCUT2D eigenvalue weighted by molar-refractivity contribution is 5.92. The summed E-state index contributed by atoms with van der Waals surface area (Å²) in [6, 6.07) is 9.65. The summed E-state index contributed by atoms with van der Waals surface area (Å²) in [7, 11) is 1.58. The first-order valence-electron chi connectivity index (χ1n) is 11.3. The lowest BCUT2D eigenvalue weighted by Crippen LogP contribution is -2.57. The summed E-state index contributed by atoms with van der Waals surface area (Å²) >= 11 is 0. The summed E-state index contributed by atoms with van der Waals surface area (Å²) in [5.41, 5.74) is 1.47. The lowest BCUT2D eigenvalue weighted by molar-refractivity contribution is 0.0253. The van der Waals surface area contributed by atoms with Crippen LogP contribution in [0.15, 0.2) is 36.5 Å². The number of hydrogen-bond donors (Lipinski definition) is 3. The molecule has 0 aliphatic carbocycles. The van der Waals surface area contributed by atoms with E-state index in [-0.39, 0.29) is 24.0 Å². The standard InChI is InChI=1S/C23H28N8O2/c1-14-10-20(30-29-14)26-19-13-21(33-2)28-23(27-19)25-15-11-16-6-5-7-17(12-15)31(16)22(32)18-8-3-4-9-24-18/h3-4,8-10,13,15-17H,5-7,11-12H2,1-2H3,(H3,25,26,27,28,29,30)/t15?,16-,17+. The molecule has 2 aliphatic rings. The molecule has 1 amide bonds. The Kier molecular flexibility index (Phi) is 5.80. The van der Waals surface area contributed by atoms with E-state index in [1.54, 1.807) is 25.4 Å². The van der Waals surface area contributed by atoms with Crippen molar-refractivity contribution >= 4 is 23.5 Å². The van der Waals surface area contributed by atoms with Crippen molar-refractivity contribution in [3.05, 3.63) is 47.9 Å². The highest BCUT2D eigenvalue weighted by Gasteiger charge is 2.41. The van der Waals surface area contributed by atoms with Crippen LogP contribution >= 0.6 is 0 Å². The fourth-order valence-electron chi connectivity index (χ4n) is 4.91. The van der Waals surface area contributed by atoms with Crippen molar-refractivity contribution in [1.29, 1.82) is 0 Å². The van der Waals surface area contributed by atoms with E-state index in [9.17, 15) is 4.79 Å². The number of nitrogens with zero attached hydrogens (tertiary/aromatic N) is 5. The monoisotopic (exact) mass is 448 g/mol. The molecule has 3 aromatic rings. The van der Waals surface area contributed by atoms with Crippen LogP contribution in [-0.4, -0.2) is 61.2 Å². The predicted octanol–water partition coefficient (Wildman–Crippen LogP) is 3.29. The molecule has 2 fully saturated rings. The number of amides is 1. The number of piperidine rings is 2. The Morgan fingerprint density at radius 1 is 1.15 bits per heavy atom. The van der Waals surface area contributed by atoms with E-state index in [4.69, 9.17) is 4.74 Å². The zero-order chi connectivity index (χ0) is 22.8. The summed E-state index contributed by atoms with van der Waals surface area (Å²) in [5, 5.41) is 13.8. The third-order valence-electron chi connectivity index (χ3n) is 6.30. The van der Waals surface area contributed by atoms with Gasteiger partial charge in [-0.05, 0) is 51.2 Å². The molecule has 172 valence electrons. The van der Waals surface area contributed by atoms with Gasteiger partial charge in [0, 0.05) is 42.1 Å². The van der Waals surface area contributed by atoms with E-state index in [0.29, 0.717) is 29.2 Å². The molecule has 5 heterocycles. The largest absolute Gasteiger partial charge is 0.481 e. The van der Waals surface area contributed by atoms with Gasteiger partial charge < -0.3 is 20.3 Å². The van der Waals surface area contributed by atoms with Crippen molar-refractivity contribution in [2.24, 2.45) is 0 Å². The molecule has 0 spiro atoms. The molecule has 0 radical (unpaired) electrons. The number of aromatic nitrogens is 5. The number of rotatable bonds is 6. The van der Waals surface area contributed by atoms with Gasteiger partial charge >= 0.3 is 0 Å². The number of methoxy groups -OCH3 is 1. The average molecular weight is 449 g/mol. The SMILES string of the molecule is COc1cc(Nc2cc(C)[nH]n2)nc(NC2C[C@H]3CCC[C@@H](C2)N3C(=O)c2ccccn2)n1. The van der Waals surface area contributed by atoms with Crippen LogP contribution in [0.25, 0.3) is 0 Å². The van der Waals surface area contributed by atoms with E-state index in [0.717, 1.165) is 37.8 Å². The first-order valence-corrected chi connectivity index (χ1v) is 11.3. The normalized spacial score (nSPS) is 22.0. The van der Waals surface area contributed by atoms with Crippen LogP contribution in [-0.2, 0) is 0 Å². The van der Waals surface area contributed by atoms with E-state index in [1.807, 2.05) is 25.1 Å². The minimum atomic E-state index is 0.0298. The minimum Gasteiger partial charge on any atom is -0.481 e. The topological polar surface area (TPSA) is 121 Å². The van der Waals surface area contributed by atoms with Gasteiger partial charge in [-0.3, -0.25) is 14.9 Å². The molecule has 2 bridgehead atoms. The fourth-order valence-corrected chi connectivity index (χ4v) is 4.91. The van der Waals surface area contributed by atoms with Gasteiger partial charge in [-0.1, -0.05) is 6.07 Å². The van der Waals surface area contributed by atoms with E-state index in [2.05, 4.69) is 40.7 Å². The van der Waals surface area contributed by atoms with Crippen LogP contribution in [0.3, 0.4) is 0 Å².